The summed E-state index contributed by atoms with van der Waals surface area (Å²) in [5.41, 5.74) is 1.11. The fraction of sp³-hybridized carbons (Fsp3) is 0.750. The van der Waals surface area contributed by atoms with Crippen LogP contribution in [-0.4, -0.2) is 16.1 Å². The van der Waals surface area contributed by atoms with Crippen molar-refractivity contribution in [3.05, 3.63) is 11.9 Å². The summed E-state index contributed by atoms with van der Waals surface area (Å²) in [6, 6.07) is 0.592. The molecule has 1 aliphatic carbocycles. The van der Waals surface area contributed by atoms with Crippen LogP contribution in [0.1, 0.15) is 44.8 Å². The van der Waals surface area contributed by atoms with Crippen molar-refractivity contribution in [2.45, 2.75) is 46.1 Å². The first kappa shape index (κ1) is 10.5. The Morgan fingerprint density at radius 2 is 2.33 bits per heavy atom. The first-order valence-corrected chi connectivity index (χ1v) is 6.01. The highest BCUT2D eigenvalue weighted by atomic mass is 15.2. The summed E-state index contributed by atoms with van der Waals surface area (Å²) in [6.45, 7) is 7.42. The minimum Gasteiger partial charge on any atom is -0.356 e. The summed E-state index contributed by atoms with van der Waals surface area (Å²) in [6.07, 6.45) is 6.33. The van der Waals surface area contributed by atoms with Crippen LogP contribution in [0.3, 0.4) is 0 Å². The fourth-order valence-electron chi connectivity index (χ4n) is 2.26. The van der Waals surface area contributed by atoms with Crippen molar-refractivity contribution in [3.63, 3.8) is 0 Å². The summed E-state index contributed by atoms with van der Waals surface area (Å²) in [5.74, 6) is 1.89. The Morgan fingerprint density at radius 1 is 1.60 bits per heavy atom. The number of nitrogens with one attached hydrogen (secondary N) is 1. The van der Waals surface area contributed by atoms with E-state index in [0.717, 1.165) is 24.1 Å². The highest BCUT2D eigenvalue weighted by Gasteiger charge is 2.26. The van der Waals surface area contributed by atoms with Crippen LogP contribution in [-0.2, 0) is 0 Å². The van der Waals surface area contributed by atoms with Crippen molar-refractivity contribution < 1.29 is 0 Å². The average Bonchev–Trinajstić information content (AvgIpc) is 2.44. The van der Waals surface area contributed by atoms with Gasteiger partial charge in [0.1, 0.15) is 0 Å². The summed E-state index contributed by atoms with van der Waals surface area (Å²) in [4.78, 5) is 4.51. The van der Waals surface area contributed by atoms with Crippen molar-refractivity contribution in [3.8, 4) is 0 Å². The third-order valence-electron chi connectivity index (χ3n) is 3.46. The molecule has 0 saturated heterocycles. The number of hydrogen-bond donors (Lipinski definition) is 1. The van der Waals surface area contributed by atoms with Crippen LogP contribution in [0.4, 0.5) is 5.95 Å². The van der Waals surface area contributed by atoms with E-state index in [1.807, 2.05) is 0 Å². The second kappa shape index (κ2) is 4.25. The van der Waals surface area contributed by atoms with Crippen LogP contribution in [0.25, 0.3) is 0 Å². The van der Waals surface area contributed by atoms with E-state index < -0.39 is 0 Å². The van der Waals surface area contributed by atoms with Crippen LogP contribution < -0.4 is 5.32 Å². The maximum atomic E-state index is 4.51. The lowest BCUT2D eigenvalue weighted by molar-refractivity contribution is 0.224. The zero-order valence-corrected chi connectivity index (χ0v) is 9.95. The molecule has 3 nitrogen and oxygen atoms in total. The minimum atomic E-state index is 0.592. The van der Waals surface area contributed by atoms with Gasteiger partial charge < -0.3 is 9.88 Å². The molecular formula is C12H21N3. The molecular weight excluding hydrogens is 186 g/mol. The Hall–Kier alpha value is -0.990. The summed E-state index contributed by atoms with van der Waals surface area (Å²) < 4.78 is 2.31. The number of anilines is 1. The van der Waals surface area contributed by atoms with E-state index in [2.05, 4.69) is 41.8 Å². The molecule has 1 aliphatic rings. The number of aryl methyl sites for hydroxylation is 1. The largest absolute Gasteiger partial charge is 0.356 e. The first-order chi connectivity index (χ1) is 7.22. The molecule has 1 N–H and O–H groups in total. The van der Waals surface area contributed by atoms with Gasteiger partial charge in [0.05, 0.1) is 5.69 Å². The monoisotopic (exact) mass is 207 g/mol. The number of hydrogen-bond acceptors (Lipinski definition) is 2. The van der Waals surface area contributed by atoms with E-state index in [9.17, 15) is 0 Å². The molecule has 1 aromatic heterocycles. The molecule has 2 rings (SSSR count). The third kappa shape index (κ3) is 2.01. The van der Waals surface area contributed by atoms with Crippen LogP contribution in [0.2, 0.25) is 0 Å². The van der Waals surface area contributed by atoms with E-state index in [1.54, 1.807) is 0 Å². The van der Waals surface area contributed by atoms with E-state index in [0.29, 0.717) is 6.04 Å². The Labute approximate surface area is 91.9 Å². The van der Waals surface area contributed by atoms with Crippen LogP contribution >= 0.6 is 0 Å². The quantitative estimate of drug-likeness (QED) is 0.822. The van der Waals surface area contributed by atoms with E-state index in [1.165, 1.54) is 19.3 Å². The van der Waals surface area contributed by atoms with Crippen molar-refractivity contribution in [2.75, 3.05) is 11.9 Å². The molecule has 1 unspecified atom stereocenters. The van der Waals surface area contributed by atoms with E-state index in [-0.39, 0.29) is 0 Å². The number of imidazole rings is 1. The second-order valence-corrected chi connectivity index (χ2v) is 4.58. The lowest BCUT2D eigenvalue weighted by Gasteiger charge is -2.32. The van der Waals surface area contributed by atoms with Gasteiger partial charge in [-0.2, -0.15) is 0 Å². The summed E-state index contributed by atoms with van der Waals surface area (Å²) in [5, 5.41) is 3.33. The minimum absolute atomic E-state index is 0.592. The maximum Gasteiger partial charge on any atom is 0.203 e. The molecule has 15 heavy (non-hydrogen) atoms. The van der Waals surface area contributed by atoms with Crippen molar-refractivity contribution in [1.82, 2.24) is 9.55 Å². The van der Waals surface area contributed by atoms with Gasteiger partial charge in [-0.1, -0.05) is 6.42 Å². The smallest absolute Gasteiger partial charge is 0.203 e. The normalized spacial score (nSPS) is 18.6. The Morgan fingerprint density at radius 3 is 2.87 bits per heavy atom. The molecule has 0 amide bonds. The van der Waals surface area contributed by atoms with Gasteiger partial charge in [-0.05, 0) is 39.5 Å². The van der Waals surface area contributed by atoms with Crippen molar-refractivity contribution >= 4 is 5.95 Å². The standard InChI is InChI=1S/C12H21N3/c1-4-13-12-14-9(2)8-15(12)10(3)11-6-5-7-11/h8,10-11H,4-7H2,1-3H3,(H,13,14). The van der Waals surface area contributed by atoms with Crippen molar-refractivity contribution in [2.24, 2.45) is 5.92 Å². The Balaban J connectivity index is 2.17. The molecule has 0 spiro atoms. The van der Waals surface area contributed by atoms with E-state index >= 15 is 0 Å². The van der Waals surface area contributed by atoms with Gasteiger partial charge in [0.25, 0.3) is 0 Å². The third-order valence-corrected chi connectivity index (χ3v) is 3.46. The Kier molecular flexibility index (Phi) is 2.98. The number of rotatable bonds is 4. The van der Waals surface area contributed by atoms with Crippen LogP contribution in [0.5, 0.6) is 0 Å². The highest BCUT2D eigenvalue weighted by molar-refractivity contribution is 5.29. The SMILES string of the molecule is CCNc1nc(C)cn1C(C)C1CCC1. The molecule has 1 atom stereocenters. The predicted octanol–water partition coefficient (Wildman–Crippen LogP) is 2.98. The molecule has 1 saturated carbocycles. The van der Waals surface area contributed by atoms with Gasteiger partial charge in [-0.25, -0.2) is 4.98 Å². The summed E-state index contributed by atoms with van der Waals surface area (Å²) in [7, 11) is 0. The van der Waals surface area contributed by atoms with Gasteiger partial charge in [0.2, 0.25) is 5.95 Å². The summed E-state index contributed by atoms with van der Waals surface area (Å²) >= 11 is 0. The first-order valence-electron chi connectivity index (χ1n) is 6.01. The molecule has 0 aromatic carbocycles. The zero-order chi connectivity index (χ0) is 10.8. The van der Waals surface area contributed by atoms with Gasteiger partial charge in [0.15, 0.2) is 0 Å². The lowest BCUT2D eigenvalue weighted by atomic mass is 9.80. The molecule has 1 fully saturated rings. The van der Waals surface area contributed by atoms with Crippen LogP contribution in [0.15, 0.2) is 6.20 Å². The molecule has 1 heterocycles. The lowest BCUT2D eigenvalue weighted by Crippen LogP contribution is -2.23. The van der Waals surface area contributed by atoms with Gasteiger partial charge in [-0.3, -0.25) is 0 Å². The topological polar surface area (TPSA) is 29.9 Å². The van der Waals surface area contributed by atoms with E-state index in [4.69, 9.17) is 0 Å². The average molecular weight is 207 g/mol. The molecule has 1 aromatic rings. The van der Waals surface area contributed by atoms with Crippen molar-refractivity contribution in [1.29, 1.82) is 0 Å². The molecule has 0 radical (unpaired) electrons. The molecule has 0 bridgehead atoms. The number of aromatic nitrogens is 2. The predicted molar refractivity (Wildman–Crippen MR) is 63.2 cm³/mol. The van der Waals surface area contributed by atoms with Gasteiger partial charge in [-0.15, -0.1) is 0 Å². The van der Waals surface area contributed by atoms with Gasteiger partial charge >= 0.3 is 0 Å². The molecule has 0 aliphatic heterocycles. The van der Waals surface area contributed by atoms with Crippen LogP contribution in [0, 0.1) is 12.8 Å². The number of nitrogens with zero attached hydrogens (tertiary/aromatic N) is 2. The molecule has 3 heteroatoms. The van der Waals surface area contributed by atoms with Gasteiger partial charge in [0, 0.05) is 18.8 Å². The Bertz CT molecular complexity index is 326. The molecule has 84 valence electrons. The maximum absolute atomic E-state index is 4.51. The second-order valence-electron chi connectivity index (χ2n) is 4.58. The highest BCUT2D eigenvalue weighted by Crippen LogP contribution is 2.37. The zero-order valence-electron chi connectivity index (χ0n) is 9.95. The fourth-order valence-corrected chi connectivity index (χ4v) is 2.26.